The van der Waals surface area contributed by atoms with Crippen LogP contribution in [0.5, 0.6) is 5.75 Å². The van der Waals surface area contributed by atoms with E-state index in [1.807, 2.05) is 56.7 Å². The highest BCUT2D eigenvalue weighted by molar-refractivity contribution is 5.91. The van der Waals surface area contributed by atoms with E-state index >= 15 is 0 Å². The van der Waals surface area contributed by atoms with Crippen molar-refractivity contribution < 1.29 is 14.4 Å². The fourth-order valence-electron chi connectivity index (χ4n) is 2.71. The van der Waals surface area contributed by atoms with Crippen molar-refractivity contribution >= 4 is 16.9 Å². The molecule has 130 valence electrons. The number of likely N-dealkylation sites (N-methyl/N-ethyl adjacent to an activating group) is 1. The largest absolute Gasteiger partial charge is 0.497 e. The smallest absolute Gasteiger partial charge is 0.363 e. The van der Waals surface area contributed by atoms with Gasteiger partial charge in [0.05, 0.1) is 18.2 Å². The van der Waals surface area contributed by atoms with Gasteiger partial charge in [-0.2, -0.15) is 4.73 Å². The molecule has 0 N–H and O–H groups in total. The SMILES string of the molecule is COc1ccc2c(c1)c(CCN(C)C)cn2OC(=O)c1ccccc1. The molecule has 0 aliphatic carbocycles. The Balaban J connectivity index is 1.95. The lowest BCUT2D eigenvalue weighted by Gasteiger charge is -2.08. The first-order valence-electron chi connectivity index (χ1n) is 8.19. The normalized spacial score (nSPS) is 11.0. The van der Waals surface area contributed by atoms with E-state index in [4.69, 9.17) is 9.57 Å². The molecule has 0 radical (unpaired) electrons. The molecule has 0 saturated carbocycles. The summed E-state index contributed by atoms with van der Waals surface area (Å²) in [5.74, 6) is 0.401. The van der Waals surface area contributed by atoms with Gasteiger partial charge in [0.2, 0.25) is 0 Å². The van der Waals surface area contributed by atoms with Crippen molar-refractivity contribution in [2.75, 3.05) is 27.7 Å². The Kier molecular flexibility index (Phi) is 5.05. The topological polar surface area (TPSA) is 43.7 Å². The first kappa shape index (κ1) is 17.0. The second kappa shape index (κ2) is 7.40. The zero-order valence-corrected chi connectivity index (χ0v) is 14.7. The number of aromatic nitrogens is 1. The van der Waals surface area contributed by atoms with Crippen molar-refractivity contribution in [2.24, 2.45) is 0 Å². The highest BCUT2D eigenvalue weighted by Crippen LogP contribution is 2.26. The minimum absolute atomic E-state index is 0.382. The maximum Gasteiger partial charge on any atom is 0.363 e. The lowest BCUT2D eigenvalue weighted by molar-refractivity contribution is 0.0482. The zero-order chi connectivity index (χ0) is 17.8. The summed E-state index contributed by atoms with van der Waals surface area (Å²) in [5.41, 5.74) is 2.48. The van der Waals surface area contributed by atoms with Crippen LogP contribution in [-0.4, -0.2) is 43.3 Å². The summed E-state index contributed by atoms with van der Waals surface area (Å²) in [4.78, 5) is 20.1. The van der Waals surface area contributed by atoms with Crippen LogP contribution < -0.4 is 9.57 Å². The van der Waals surface area contributed by atoms with Gasteiger partial charge in [0, 0.05) is 18.1 Å². The van der Waals surface area contributed by atoms with E-state index in [1.165, 1.54) is 0 Å². The predicted molar refractivity (Wildman–Crippen MR) is 98.1 cm³/mol. The lowest BCUT2D eigenvalue weighted by atomic mass is 10.1. The number of ether oxygens (including phenoxy) is 1. The molecule has 25 heavy (non-hydrogen) atoms. The highest BCUT2D eigenvalue weighted by Gasteiger charge is 2.14. The number of rotatable bonds is 6. The van der Waals surface area contributed by atoms with Gasteiger partial charge >= 0.3 is 5.97 Å². The summed E-state index contributed by atoms with van der Waals surface area (Å²) in [6.45, 7) is 0.906. The van der Waals surface area contributed by atoms with Gasteiger partial charge in [-0.05, 0) is 56.4 Å². The zero-order valence-electron chi connectivity index (χ0n) is 14.7. The standard InChI is InChI=1S/C20H22N2O3/c1-21(2)12-11-16-14-22(19-10-9-17(24-3)13-18(16)19)25-20(23)15-7-5-4-6-8-15/h4-10,13-14H,11-12H2,1-3H3. The van der Waals surface area contributed by atoms with Crippen molar-refractivity contribution in [1.82, 2.24) is 9.63 Å². The van der Waals surface area contributed by atoms with Gasteiger partial charge < -0.3 is 14.5 Å². The Morgan fingerprint density at radius 2 is 1.88 bits per heavy atom. The molecule has 0 amide bonds. The molecule has 2 aromatic carbocycles. The lowest BCUT2D eigenvalue weighted by Crippen LogP contribution is -2.19. The molecule has 0 aliphatic rings. The molecule has 0 fully saturated rings. The molecule has 0 atom stereocenters. The van der Waals surface area contributed by atoms with E-state index < -0.39 is 0 Å². The van der Waals surface area contributed by atoms with Crippen LogP contribution in [0, 0.1) is 0 Å². The molecule has 1 heterocycles. The second-order valence-corrected chi connectivity index (χ2v) is 6.16. The van der Waals surface area contributed by atoms with E-state index in [1.54, 1.807) is 24.0 Å². The molecule has 3 rings (SSSR count). The van der Waals surface area contributed by atoms with Gasteiger partial charge in [-0.1, -0.05) is 18.2 Å². The van der Waals surface area contributed by atoms with Crippen molar-refractivity contribution in [3.05, 3.63) is 65.9 Å². The van der Waals surface area contributed by atoms with Crippen LogP contribution in [0.1, 0.15) is 15.9 Å². The molecule has 0 bridgehead atoms. The van der Waals surface area contributed by atoms with Gasteiger partial charge in [0.15, 0.2) is 0 Å². The first-order chi connectivity index (χ1) is 12.1. The Morgan fingerprint density at radius 3 is 2.56 bits per heavy atom. The van der Waals surface area contributed by atoms with Crippen molar-refractivity contribution in [3.8, 4) is 5.75 Å². The molecule has 5 heteroatoms. The van der Waals surface area contributed by atoms with Gasteiger partial charge in [0.1, 0.15) is 5.75 Å². The Bertz CT molecular complexity index is 869. The summed E-state index contributed by atoms with van der Waals surface area (Å²) in [6.07, 6.45) is 2.74. The van der Waals surface area contributed by atoms with Crippen LogP contribution in [0.25, 0.3) is 10.9 Å². The molecule has 0 unspecified atom stereocenters. The van der Waals surface area contributed by atoms with Crippen LogP contribution in [0.4, 0.5) is 0 Å². The molecular weight excluding hydrogens is 316 g/mol. The number of hydrogen-bond acceptors (Lipinski definition) is 4. The molecule has 3 aromatic rings. The fourth-order valence-corrected chi connectivity index (χ4v) is 2.71. The van der Waals surface area contributed by atoms with Gasteiger partial charge in [-0.25, -0.2) is 4.79 Å². The van der Waals surface area contributed by atoms with Crippen LogP contribution >= 0.6 is 0 Å². The number of hydrogen-bond donors (Lipinski definition) is 0. The quantitative estimate of drug-likeness (QED) is 0.693. The maximum absolute atomic E-state index is 12.4. The first-order valence-corrected chi connectivity index (χ1v) is 8.19. The molecule has 1 aromatic heterocycles. The maximum atomic E-state index is 12.4. The number of benzene rings is 2. The van der Waals surface area contributed by atoms with Crippen LogP contribution in [0.15, 0.2) is 54.7 Å². The highest BCUT2D eigenvalue weighted by atomic mass is 16.7. The summed E-state index contributed by atoms with van der Waals surface area (Å²) in [7, 11) is 5.72. The average Bonchev–Trinajstić information content (AvgIpc) is 2.97. The number of carbonyl (C=O) groups is 1. The Morgan fingerprint density at radius 1 is 1.12 bits per heavy atom. The van der Waals surface area contributed by atoms with E-state index in [-0.39, 0.29) is 5.97 Å². The minimum atomic E-state index is -0.382. The number of nitrogens with zero attached hydrogens (tertiary/aromatic N) is 2. The van der Waals surface area contributed by atoms with Crippen molar-refractivity contribution in [2.45, 2.75) is 6.42 Å². The molecule has 5 nitrogen and oxygen atoms in total. The summed E-state index contributed by atoms with van der Waals surface area (Å²) >= 11 is 0. The monoisotopic (exact) mass is 338 g/mol. The Hall–Kier alpha value is -2.79. The number of carbonyl (C=O) groups excluding carboxylic acids is 1. The molecule has 0 spiro atoms. The van der Waals surface area contributed by atoms with E-state index in [2.05, 4.69) is 4.90 Å². The number of fused-ring (bicyclic) bond motifs is 1. The van der Waals surface area contributed by atoms with Gasteiger partial charge in [-0.15, -0.1) is 0 Å². The van der Waals surface area contributed by atoms with Gasteiger partial charge in [0.25, 0.3) is 0 Å². The Labute approximate surface area is 147 Å². The summed E-state index contributed by atoms with van der Waals surface area (Å²) in [6, 6.07) is 14.7. The van der Waals surface area contributed by atoms with E-state index in [0.29, 0.717) is 5.56 Å². The van der Waals surface area contributed by atoms with Gasteiger partial charge in [-0.3, -0.25) is 0 Å². The number of methoxy groups -OCH3 is 1. The minimum Gasteiger partial charge on any atom is -0.497 e. The average molecular weight is 338 g/mol. The van der Waals surface area contributed by atoms with E-state index in [9.17, 15) is 4.79 Å². The third-order valence-corrected chi connectivity index (χ3v) is 4.08. The third-order valence-electron chi connectivity index (χ3n) is 4.08. The van der Waals surface area contributed by atoms with Crippen LogP contribution in [-0.2, 0) is 6.42 Å². The molecular formula is C20H22N2O3. The fraction of sp³-hybridized carbons (Fsp3) is 0.250. The van der Waals surface area contributed by atoms with Crippen LogP contribution in [0.2, 0.25) is 0 Å². The molecule has 0 aliphatic heterocycles. The predicted octanol–water partition coefficient (Wildman–Crippen LogP) is 3.02. The van der Waals surface area contributed by atoms with Crippen LogP contribution in [0.3, 0.4) is 0 Å². The second-order valence-electron chi connectivity index (χ2n) is 6.16. The van der Waals surface area contributed by atoms with E-state index in [0.717, 1.165) is 35.2 Å². The third kappa shape index (κ3) is 3.83. The van der Waals surface area contributed by atoms with Crippen molar-refractivity contribution in [3.63, 3.8) is 0 Å². The van der Waals surface area contributed by atoms with Crippen molar-refractivity contribution in [1.29, 1.82) is 0 Å². The summed E-state index contributed by atoms with van der Waals surface area (Å²) < 4.78 is 6.89. The molecule has 0 saturated heterocycles. The summed E-state index contributed by atoms with van der Waals surface area (Å²) in [5, 5.41) is 1.03.